The van der Waals surface area contributed by atoms with Gasteiger partial charge in [0.25, 0.3) is 0 Å². The summed E-state index contributed by atoms with van der Waals surface area (Å²) in [5.74, 6) is 0.0528. The van der Waals surface area contributed by atoms with E-state index in [9.17, 15) is 9.59 Å². The number of fused-ring (bicyclic) bond motifs is 2. The molecule has 0 spiro atoms. The molecule has 2 aliphatic rings. The standard InChI is InChI=1S/C20H22N2O2/c23-19-10-9-16-17(21-19)5-2-6-18(16)22-20(24)12-13-7-8-14-3-1-4-15(14)11-13/h7-11,18H,1-6,12H2,(H,21,23)(H,22,24)/t18-/m0/s1. The van der Waals surface area contributed by atoms with E-state index in [4.69, 9.17) is 0 Å². The van der Waals surface area contributed by atoms with Crippen LogP contribution in [-0.4, -0.2) is 10.9 Å². The van der Waals surface area contributed by atoms with Gasteiger partial charge in [-0.1, -0.05) is 18.2 Å². The molecule has 4 heteroatoms. The number of carbonyl (C=O) groups is 1. The van der Waals surface area contributed by atoms with Gasteiger partial charge in [0, 0.05) is 11.8 Å². The molecule has 0 saturated heterocycles. The molecule has 2 aliphatic carbocycles. The van der Waals surface area contributed by atoms with Gasteiger partial charge in [-0.3, -0.25) is 9.59 Å². The number of benzene rings is 1. The molecule has 0 unspecified atom stereocenters. The number of aromatic nitrogens is 1. The highest BCUT2D eigenvalue weighted by molar-refractivity contribution is 5.79. The van der Waals surface area contributed by atoms with E-state index in [1.54, 1.807) is 6.07 Å². The van der Waals surface area contributed by atoms with E-state index in [0.717, 1.165) is 42.5 Å². The van der Waals surface area contributed by atoms with Crippen molar-refractivity contribution in [2.45, 2.75) is 51.0 Å². The number of H-pyrrole nitrogens is 1. The van der Waals surface area contributed by atoms with Crippen LogP contribution >= 0.6 is 0 Å². The molecule has 1 atom stereocenters. The molecule has 0 bridgehead atoms. The van der Waals surface area contributed by atoms with Gasteiger partial charge < -0.3 is 10.3 Å². The van der Waals surface area contributed by atoms with E-state index in [1.807, 2.05) is 6.07 Å². The maximum atomic E-state index is 12.5. The third-order valence-corrected chi connectivity index (χ3v) is 5.19. The van der Waals surface area contributed by atoms with Crippen LogP contribution in [0.15, 0.2) is 35.1 Å². The molecule has 0 saturated carbocycles. The summed E-state index contributed by atoms with van der Waals surface area (Å²) >= 11 is 0. The molecule has 4 rings (SSSR count). The second-order valence-corrected chi connectivity index (χ2v) is 6.90. The fourth-order valence-corrected chi connectivity index (χ4v) is 4.02. The van der Waals surface area contributed by atoms with E-state index in [1.165, 1.54) is 24.0 Å². The van der Waals surface area contributed by atoms with Crippen LogP contribution in [-0.2, 0) is 30.5 Å². The first-order valence-electron chi connectivity index (χ1n) is 8.81. The minimum Gasteiger partial charge on any atom is -0.349 e. The van der Waals surface area contributed by atoms with Gasteiger partial charge in [-0.15, -0.1) is 0 Å². The fraction of sp³-hybridized carbons (Fsp3) is 0.400. The molecule has 1 aromatic carbocycles. The lowest BCUT2D eigenvalue weighted by Gasteiger charge is -2.26. The maximum absolute atomic E-state index is 12.5. The van der Waals surface area contributed by atoms with Gasteiger partial charge in [0.15, 0.2) is 0 Å². The fourth-order valence-electron chi connectivity index (χ4n) is 4.02. The Balaban J connectivity index is 1.46. The number of nitrogens with one attached hydrogen (secondary N) is 2. The smallest absolute Gasteiger partial charge is 0.248 e. The Bertz CT molecular complexity index is 838. The average molecular weight is 322 g/mol. The first-order chi connectivity index (χ1) is 11.7. The van der Waals surface area contributed by atoms with Crippen LogP contribution in [0, 0.1) is 0 Å². The molecule has 1 heterocycles. The molecule has 2 N–H and O–H groups in total. The highest BCUT2D eigenvalue weighted by atomic mass is 16.1. The number of aryl methyl sites for hydroxylation is 3. The van der Waals surface area contributed by atoms with E-state index >= 15 is 0 Å². The van der Waals surface area contributed by atoms with Gasteiger partial charge in [0.2, 0.25) is 11.5 Å². The van der Waals surface area contributed by atoms with E-state index in [2.05, 4.69) is 28.5 Å². The molecule has 1 aromatic heterocycles. The molecular weight excluding hydrogens is 300 g/mol. The van der Waals surface area contributed by atoms with Crippen molar-refractivity contribution < 1.29 is 4.79 Å². The van der Waals surface area contributed by atoms with Gasteiger partial charge in [0.05, 0.1) is 12.5 Å². The highest BCUT2D eigenvalue weighted by Crippen LogP contribution is 2.28. The Morgan fingerprint density at radius 3 is 2.88 bits per heavy atom. The predicted octanol–water partition coefficient (Wildman–Crippen LogP) is 2.60. The van der Waals surface area contributed by atoms with Crippen molar-refractivity contribution >= 4 is 5.91 Å². The van der Waals surface area contributed by atoms with Gasteiger partial charge >= 0.3 is 0 Å². The van der Waals surface area contributed by atoms with E-state index < -0.39 is 0 Å². The van der Waals surface area contributed by atoms with Crippen LogP contribution < -0.4 is 10.9 Å². The van der Waals surface area contributed by atoms with Crippen molar-refractivity contribution in [1.82, 2.24) is 10.3 Å². The largest absolute Gasteiger partial charge is 0.349 e. The number of aromatic amines is 1. The molecule has 0 fully saturated rings. The van der Waals surface area contributed by atoms with Crippen LogP contribution in [0.3, 0.4) is 0 Å². The summed E-state index contributed by atoms with van der Waals surface area (Å²) in [6.07, 6.45) is 6.73. The number of amides is 1. The molecule has 0 radical (unpaired) electrons. The van der Waals surface area contributed by atoms with Crippen molar-refractivity contribution in [2.24, 2.45) is 0 Å². The minimum atomic E-state index is -0.0705. The van der Waals surface area contributed by atoms with Crippen molar-refractivity contribution in [1.29, 1.82) is 0 Å². The highest BCUT2D eigenvalue weighted by Gasteiger charge is 2.22. The van der Waals surface area contributed by atoms with Crippen molar-refractivity contribution in [3.63, 3.8) is 0 Å². The van der Waals surface area contributed by atoms with Gasteiger partial charge in [-0.25, -0.2) is 0 Å². The van der Waals surface area contributed by atoms with Crippen LogP contribution in [0.1, 0.15) is 53.3 Å². The zero-order valence-electron chi connectivity index (χ0n) is 13.7. The molecule has 4 nitrogen and oxygen atoms in total. The van der Waals surface area contributed by atoms with Gasteiger partial charge in [-0.05, 0) is 66.8 Å². The van der Waals surface area contributed by atoms with Crippen molar-refractivity contribution in [3.8, 4) is 0 Å². The van der Waals surface area contributed by atoms with Crippen LogP contribution in [0.2, 0.25) is 0 Å². The first kappa shape index (κ1) is 15.2. The summed E-state index contributed by atoms with van der Waals surface area (Å²) in [7, 11) is 0. The predicted molar refractivity (Wildman–Crippen MR) is 93.1 cm³/mol. The number of carbonyl (C=O) groups excluding carboxylic acids is 1. The Kier molecular flexibility index (Phi) is 3.97. The maximum Gasteiger partial charge on any atom is 0.248 e. The van der Waals surface area contributed by atoms with Crippen LogP contribution in [0.5, 0.6) is 0 Å². The van der Waals surface area contributed by atoms with Gasteiger partial charge in [-0.2, -0.15) is 0 Å². The summed E-state index contributed by atoms with van der Waals surface area (Å²) in [5, 5.41) is 3.15. The number of hydrogen-bond acceptors (Lipinski definition) is 2. The van der Waals surface area contributed by atoms with Crippen LogP contribution in [0.4, 0.5) is 0 Å². The summed E-state index contributed by atoms with van der Waals surface area (Å²) in [6, 6.07) is 9.85. The summed E-state index contributed by atoms with van der Waals surface area (Å²) in [4.78, 5) is 26.8. The third kappa shape index (κ3) is 3.01. The molecule has 1 amide bonds. The lowest BCUT2D eigenvalue weighted by molar-refractivity contribution is -0.121. The SMILES string of the molecule is O=C(Cc1ccc2c(c1)CCC2)N[C@H]1CCCc2[nH]c(=O)ccc21. The summed E-state index contributed by atoms with van der Waals surface area (Å²) in [5.41, 5.74) is 5.88. The second kappa shape index (κ2) is 6.27. The number of rotatable bonds is 3. The molecular formula is C20H22N2O2. The Morgan fingerprint density at radius 1 is 1.08 bits per heavy atom. The zero-order chi connectivity index (χ0) is 16.5. The molecule has 124 valence electrons. The monoisotopic (exact) mass is 322 g/mol. The van der Waals surface area contributed by atoms with E-state index in [0.29, 0.717) is 6.42 Å². The molecule has 24 heavy (non-hydrogen) atoms. The second-order valence-electron chi connectivity index (χ2n) is 6.90. The summed E-state index contributed by atoms with van der Waals surface area (Å²) < 4.78 is 0. The normalized spacial score (nSPS) is 18.8. The lowest BCUT2D eigenvalue weighted by atomic mass is 9.91. The van der Waals surface area contributed by atoms with E-state index in [-0.39, 0.29) is 17.5 Å². The summed E-state index contributed by atoms with van der Waals surface area (Å²) in [6.45, 7) is 0. The topological polar surface area (TPSA) is 62.0 Å². The lowest BCUT2D eigenvalue weighted by Crippen LogP contribution is -2.33. The zero-order valence-corrected chi connectivity index (χ0v) is 13.7. The molecule has 2 aromatic rings. The molecule has 0 aliphatic heterocycles. The first-order valence-corrected chi connectivity index (χ1v) is 8.81. The van der Waals surface area contributed by atoms with Crippen molar-refractivity contribution in [3.05, 3.63) is 68.6 Å². The Labute approximate surface area is 141 Å². The average Bonchev–Trinajstić information content (AvgIpc) is 3.02. The Hall–Kier alpha value is -2.36. The van der Waals surface area contributed by atoms with Gasteiger partial charge in [0.1, 0.15) is 0 Å². The number of pyridine rings is 1. The van der Waals surface area contributed by atoms with Crippen LogP contribution in [0.25, 0.3) is 0 Å². The third-order valence-electron chi connectivity index (χ3n) is 5.19. The number of hydrogen-bond donors (Lipinski definition) is 2. The minimum absolute atomic E-state index is 0.00697. The quantitative estimate of drug-likeness (QED) is 0.912. The Morgan fingerprint density at radius 2 is 1.96 bits per heavy atom. The van der Waals surface area contributed by atoms with Crippen molar-refractivity contribution in [2.75, 3.05) is 0 Å².